The second kappa shape index (κ2) is 7.34. The number of hydrogen-bond acceptors (Lipinski definition) is 2. The molecule has 2 aromatic rings. The van der Waals surface area contributed by atoms with Gasteiger partial charge in [0.2, 0.25) is 0 Å². The van der Waals surface area contributed by atoms with Gasteiger partial charge in [0, 0.05) is 6.54 Å². The lowest BCUT2D eigenvalue weighted by molar-refractivity contribution is 0.0683. The molecule has 3 heteroatoms. The molecule has 21 heavy (non-hydrogen) atoms. The highest BCUT2D eigenvalue weighted by molar-refractivity contribution is 5.35. The van der Waals surface area contributed by atoms with E-state index in [1.807, 2.05) is 26.2 Å². The molecule has 112 valence electrons. The first-order valence-corrected chi connectivity index (χ1v) is 7.15. The summed E-state index contributed by atoms with van der Waals surface area (Å²) in [4.78, 5) is 2.08. The Balaban J connectivity index is 2.26. The Morgan fingerprint density at radius 2 is 1.71 bits per heavy atom. The number of hydrogen-bond donors (Lipinski definition) is 0. The predicted molar refractivity (Wildman–Crippen MR) is 83.9 cm³/mol. The van der Waals surface area contributed by atoms with E-state index in [9.17, 15) is 4.39 Å². The van der Waals surface area contributed by atoms with Crippen LogP contribution in [0, 0.1) is 12.7 Å². The van der Waals surface area contributed by atoms with Gasteiger partial charge in [-0.3, -0.25) is 0 Å². The number of benzene rings is 2. The van der Waals surface area contributed by atoms with Gasteiger partial charge in [-0.25, -0.2) is 4.39 Å². The van der Waals surface area contributed by atoms with Gasteiger partial charge in [0.1, 0.15) is 11.9 Å². The Labute approximate surface area is 126 Å². The lowest BCUT2D eigenvalue weighted by Crippen LogP contribution is -2.20. The van der Waals surface area contributed by atoms with Crippen molar-refractivity contribution >= 4 is 0 Å². The molecule has 0 aromatic heterocycles. The van der Waals surface area contributed by atoms with E-state index in [0.29, 0.717) is 6.61 Å². The molecule has 0 fully saturated rings. The summed E-state index contributed by atoms with van der Waals surface area (Å²) in [5.74, 6) is -0.226. The van der Waals surface area contributed by atoms with E-state index >= 15 is 0 Å². The van der Waals surface area contributed by atoms with Gasteiger partial charge in [-0.15, -0.1) is 0 Å². The average molecular weight is 287 g/mol. The van der Waals surface area contributed by atoms with Crippen LogP contribution in [0.3, 0.4) is 0 Å². The third-order valence-electron chi connectivity index (χ3n) is 3.47. The third kappa shape index (κ3) is 4.38. The fraction of sp³-hybridized carbons (Fsp3) is 0.333. The maximum absolute atomic E-state index is 13.1. The molecule has 0 aliphatic heterocycles. The Hall–Kier alpha value is -1.71. The number of ether oxygens (including phenoxy) is 1. The molecule has 0 aliphatic carbocycles. The standard InChI is InChI=1S/C18H22FNO/c1-14-6-4-5-7-17(14)18(21-13-12-20(2)3)15-8-10-16(19)11-9-15/h4-11,18H,12-13H2,1-3H3. The van der Waals surface area contributed by atoms with Gasteiger partial charge in [-0.2, -0.15) is 0 Å². The lowest BCUT2D eigenvalue weighted by atomic mass is 9.97. The fourth-order valence-electron chi connectivity index (χ4n) is 2.24. The van der Waals surface area contributed by atoms with Crippen molar-refractivity contribution in [2.75, 3.05) is 27.2 Å². The van der Waals surface area contributed by atoms with Crippen molar-refractivity contribution in [1.82, 2.24) is 4.90 Å². The molecule has 0 spiro atoms. The van der Waals surface area contributed by atoms with Crippen LogP contribution < -0.4 is 0 Å². The molecular weight excluding hydrogens is 265 g/mol. The number of aryl methyl sites for hydroxylation is 1. The molecule has 2 rings (SSSR count). The van der Waals surface area contributed by atoms with Gasteiger partial charge < -0.3 is 9.64 Å². The molecule has 1 atom stereocenters. The predicted octanol–water partition coefficient (Wildman–Crippen LogP) is 3.80. The Morgan fingerprint density at radius 3 is 2.33 bits per heavy atom. The molecule has 2 aromatic carbocycles. The van der Waals surface area contributed by atoms with Crippen LogP contribution in [0.1, 0.15) is 22.8 Å². The van der Waals surface area contributed by atoms with E-state index in [1.165, 1.54) is 17.7 Å². The van der Waals surface area contributed by atoms with E-state index in [2.05, 4.69) is 24.0 Å². The zero-order chi connectivity index (χ0) is 15.2. The van der Waals surface area contributed by atoms with Crippen LogP contribution >= 0.6 is 0 Å². The van der Waals surface area contributed by atoms with Crippen LogP contribution in [0.4, 0.5) is 4.39 Å². The van der Waals surface area contributed by atoms with Gasteiger partial charge in [0.25, 0.3) is 0 Å². The summed E-state index contributed by atoms with van der Waals surface area (Å²) in [6.45, 7) is 3.55. The Kier molecular flexibility index (Phi) is 5.48. The van der Waals surface area contributed by atoms with Crippen LogP contribution in [0.2, 0.25) is 0 Å². The van der Waals surface area contributed by atoms with E-state index in [0.717, 1.165) is 17.7 Å². The minimum Gasteiger partial charge on any atom is -0.367 e. The summed E-state index contributed by atoms with van der Waals surface area (Å²) >= 11 is 0. The molecule has 0 saturated carbocycles. The van der Waals surface area contributed by atoms with Crippen molar-refractivity contribution in [3.63, 3.8) is 0 Å². The average Bonchev–Trinajstić information content (AvgIpc) is 2.46. The second-order valence-electron chi connectivity index (χ2n) is 5.46. The van der Waals surface area contributed by atoms with Crippen molar-refractivity contribution in [2.24, 2.45) is 0 Å². The Bertz CT molecular complexity index is 566. The molecule has 1 unspecified atom stereocenters. The highest BCUT2D eigenvalue weighted by Gasteiger charge is 2.16. The van der Waals surface area contributed by atoms with Crippen LogP contribution in [0.15, 0.2) is 48.5 Å². The van der Waals surface area contributed by atoms with E-state index in [4.69, 9.17) is 4.74 Å². The van der Waals surface area contributed by atoms with Crippen molar-refractivity contribution in [2.45, 2.75) is 13.0 Å². The van der Waals surface area contributed by atoms with Gasteiger partial charge in [0.05, 0.1) is 6.61 Å². The van der Waals surface area contributed by atoms with Gasteiger partial charge >= 0.3 is 0 Å². The van der Waals surface area contributed by atoms with Crippen LogP contribution in [-0.2, 0) is 4.74 Å². The smallest absolute Gasteiger partial charge is 0.123 e. The van der Waals surface area contributed by atoms with Gasteiger partial charge in [-0.1, -0.05) is 36.4 Å². The van der Waals surface area contributed by atoms with Gasteiger partial charge in [0.15, 0.2) is 0 Å². The number of halogens is 1. The Morgan fingerprint density at radius 1 is 1.05 bits per heavy atom. The number of rotatable bonds is 6. The van der Waals surface area contributed by atoms with Crippen LogP contribution in [-0.4, -0.2) is 32.1 Å². The monoisotopic (exact) mass is 287 g/mol. The number of likely N-dealkylation sites (N-methyl/N-ethyl adjacent to an activating group) is 1. The number of nitrogens with zero attached hydrogens (tertiary/aromatic N) is 1. The van der Waals surface area contributed by atoms with Gasteiger partial charge in [-0.05, 0) is 49.8 Å². The molecular formula is C18H22FNO. The summed E-state index contributed by atoms with van der Waals surface area (Å²) in [5.41, 5.74) is 3.28. The minimum atomic E-state index is -0.226. The second-order valence-corrected chi connectivity index (χ2v) is 5.46. The highest BCUT2D eigenvalue weighted by Crippen LogP contribution is 2.28. The maximum Gasteiger partial charge on any atom is 0.123 e. The molecule has 2 nitrogen and oxygen atoms in total. The van der Waals surface area contributed by atoms with Crippen molar-refractivity contribution in [3.05, 3.63) is 71.0 Å². The molecule has 0 saturated heterocycles. The van der Waals surface area contributed by atoms with E-state index in [1.54, 1.807) is 12.1 Å². The maximum atomic E-state index is 13.1. The molecule has 0 bridgehead atoms. The van der Waals surface area contributed by atoms with E-state index in [-0.39, 0.29) is 11.9 Å². The fourth-order valence-corrected chi connectivity index (χ4v) is 2.24. The molecule has 0 N–H and O–H groups in total. The van der Waals surface area contributed by atoms with E-state index < -0.39 is 0 Å². The first kappa shape index (κ1) is 15.7. The summed E-state index contributed by atoms with van der Waals surface area (Å²) in [5, 5.41) is 0. The quantitative estimate of drug-likeness (QED) is 0.801. The third-order valence-corrected chi connectivity index (χ3v) is 3.47. The molecule has 0 amide bonds. The SMILES string of the molecule is Cc1ccccc1C(OCCN(C)C)c1ccc(F)cc1. The highest BCUT2D eigenvalue weighted by atomic mass is 19.1. The molecule has 0 radical (unpaired) electrons. The zero-order valence-electron chi connectivity index (χ0n) is 12.8. The van der Waals surface area contributed by atoms with Crippen molar-refractivity contribution in [3.8, 4) is 0 Å². The summed E-state index contributed by atoms with van der Waals surface area (Å²) < 4.78 is 19.2. The topological polar surface area (TPSA) is 12.5 Å². The summed E-state index contributed by atoms with van der Waals surface area (Å²) in [7, 11) is 4.04. The summed E-state index contributed by atoms with van der Waals surface area (Å²) in [6, 6.07) is 14.7. The van der Waals surface area contributed by atoms with Crippen molar-refractivity contribution < 1.29 is 9.13 Å². The first-order chi connectivity index (χ1) is 10.1. The molecule has 0 aliphatic rings. The largest absolute Gasteiger partial charge is 0.367 e. The van der Waals surface area contributed by atoms with Crippen molar-refractivity contribution in [1.29, 1.82) is 0 Å². The summed E-state index contributed by atoms with van der Waals surface area (Å²) in [6.07, 6.45) is -0.160. The molecule has 0 heterocycles. The normalized spacial score (nSPS) is 12.6. The van der Waals surface area contributed by atoms with Crippen LogP contribution in [0.25, 0.3) is 0 Å². The first-order valence-electron chi connectivity index (χ1n) is 7.15. The zero-order valence-corrected chi connectivity index (χ0v) is 12.8. The van der Waals surface area contributed by atoms with Crippen LogP contribution in [0.5, 0.6) is 0 Å². The lowest BCUT2D eigenvalue weighted by Gasteiger charge is -2.22. The minimum absolute atomic E-state index is 0.160.